The lowest BCUT2D eigenvalue weighted by molar-refractivity contribution is 0.372. The van der Waals surface area contributed by atoms with Crippen molar-refractivity contribution in [2.45, 2.75) is 32.7 Å². The van der Waals surface area contributed by atoms with Gasteiger partial charge in [-0.15, -0.1) is 34.2 Å². The Labute approximate surface area is 181 Å². The molecule has 0 atom stereocenters. The first-order valence-corrected chi connectivity index (χ1v) is 9.93. The van der Waals surface area contributed by atoms with E-state index in [-0.39, 0.29) is 24.0 Å². The molecule has 0 spiro atoms. The Morgan fingerprint density at radius 2 is 1.93 bits per heavy atom. The number of guanidine groups is 1. The van der Waals surface area contributed by atoms with Gasteiger partial charge in [-0.3, -0.25) is 4.99 Å². The van der Waals surface area contributed by atoms with E-state index < -0.39 is 0 Å². The summed E-state index contributed by atoms with van der Waals surface area (Å²) in [4.78, 5) is 13.7. The summed E-state index contributed by atoms with van der Waals surface area (Å²) in [5.41, 5.74) is 0. The summed E-state index contributed by atoms with van der Waals surface area (Å²) in [6.45, 7) is 7.76. The van der Waals surface area contributed by atoms with E-state index in [1.165, 1.54) is 11.5 Å². The van der Waals surface area contributed by atoms with Crippen LogP contribution in [0.3, 0.4) is 0 Å². The molecule has 0 radical (unpaired) electrons. The van der Waals surface area contributed by atoms with Crippen molar-refractivity contribution in [3.05, 3.63) is 18.5 Å². The zero-order chi connectivity index (χ0) is 18.2. The van der Waals surface area contributed by atoms with Gasteiger partial charge in [0, 0.05) is 64.3 Å². The number of anilines is 1. The van der Waals surface area contributed by atoms with Crippen LogP contribution in [0.15, 0.2) is 17.6 Å². The predicted octanol–water partition coefficient (Wildman–Crippen LogP) is 1.49. The Hall–Kier alpha value is -1.50. The first kappa shape index (κ1) is 21.8. The summed E-state index contributed by atoms with van der Waals surface area (Å²) in [5, 5.41) is 12.2. The number of unbranched alkanes of at least 4 members (excludes halogenated alkanes) is 1. The van der Waals surface area contributed by atoms with Gasteiger partial charge in [-0.25, -0.2) is 4.98 Å². The first-order valence-electron chi connectivity index (χ1n) is 9.15. The predicted molar refractivity (Wildman–Crippen MR) is 119 cm³/mol. The monoisotopic (exact) mass is 505 g/mol. The quantitative estimate of drug-likeness (QED) is 0.264. The van der Waals surface area contributed by atoms with Gasteiger partial charge in [0.05, 0.1) is 0 Å². The molecule has 1 saturated heterocycles. The van der Waals surface area contributed by atoms with Crippen molar-refractivity contribution in [3.63, 3.8) is 0 Å². The van der Waals surface area contributed by atoms with E-state index >= 15 is 0 Å². The smallest absolute Gasteiger partial charge is 0.205 e. The van der Waals surface area contributed by atoms with Gasteiger partial charge in [0.25, 0.3) is 0 Å². The van der Waals surface area contributed by atoms with Crippen LogP contribution in [0.25, 0.3) is 0 Å². The molecule has 0 amide bonds. The molecule has 2 aromatic heterocycles. The Bertz CT molecular complexity index is 680. The van der Waals surface area contributed by atoms with Crippen LogP contribution in [0.1, 0.15) is 25.6 Å². The van der Waals surface area contributed by atoms with Gasteiger partial charge in [0.15, 0.2) is 5.96 Å². The normalized spacial score (nSPS) is 15.0. The highest BCUT2D eigenvalue weighted by Gasteiger charge is 2.21. The Balaban J connectivity index is 0.00000261. The van der Waals surface area contributed by atoms with Crippen LogP contribution < -0.4 is 10.2 Å². The Kier molecular flexibility index (Phi) is 9.18. The number of aromatic nitrogens is 5. The summed E-state index contributed by atoms with van der Waals surface area (Å²) in [5.74, 6) is 1.93. The van der Waals surface area contributed by atoms with E-state index in [1.807, 2.05) is 11.6 Å². The SMILES string of the molecule is CCc1nsc(N2CCN(C(=NC)NCCCCn3cnnc3)CC2)n1.I. The molecular weight excluding hydrogens is 477 g/mol. The zero-order valence-electron chi connectivity index (χ0n) is 15.9. The van der Waals surface area contributed by atoms with Crippen molar-refractivity contribution in [2.75, 3.05) is 44.7 Å². The maximum atomic E-state index is 4.59. The fourth-order valence-corrected chi connectivity index (χ4v) is 3.72. The Morgan fingerprint density at radius 3 is 2.56 bits per heavy atom. The second-order valence-corrected chi connectivity index (χ2v) is 6.93. The summed E-state index contributed by atoms with van der Waals surface area (Å²) < 4.78 is 6.39. The lowest BCUT2D eigenvalue weighted by Crippen LogP contribution is -2.52. The topological polar surface area (TPSA) is 87.4 Å². The molecule has 150 valence electrons. The van der Waals surface area contributed by atoms with E-state index in [1.54, 1.807) is 12.7 Å². The molecule has 9 nitrogen and oxygen atoms in total. The van der Waals surface area contributed by atoms with Crippen molar-refractivity contribution < 1.29 is 0 Å². The molecule has 0 unspecified atom stereocenters. The highest BCUT2D eigenvalue weighted by Crippen LogP contribution is 2.19. The highest BCUT2D eigenvalue weighted by molar-refractivity contribution is 14.0. The number of hydrogen-bond donors (Lipinski definition) is 1. The minimum Gasteiger partial charge on any atom is -0.356 e. The van der Waals surface area contributed by atoms with E-state index in [4.69, 9.17) is 0 Å². The van der Waals surface area contributed by atoms with Gasteiger partial charge in [0.2, 0.25) is 5.13 Å². The average Bonchev–Trinajstić information content (AvgIpc) is 3.36. The standard InChI is InChI=1S/C16H27N9S.HI/c1-3-14-21-16(26-22-14)25-10-8-24(9-11-25)15(17-2)18-6-4-5-7-23-12-19-20-13-23;/h12-13H,3-11H2,1-2H3,(H,17,18);1H. The minimum atomic E-state index is 0. The number of halogens is 1. The minimum absolute atomic E-state index is 0. The molecule has 1 aliphatic heterocycles. The number of nitrogens with zero attached hydrogens (tertiary/aromatic N) is 8. The molecule has 2 aromatic rings. The number of aryl methyl sites for hydroxylation is 2. The van der Waals surface area contributed by atoms with Crippen LogP contribution in [-0.2, 0) is 13.0 Å². The zero-order valence-corrected chi connectivity index (χ0v) is 19.1. The molecule has 0 saturated carbocycles. The molecule has 0 bridgehead atoms. The molecule has 1 aliphatic rings. The van der Waals surface area contributed by atoms with Crippen LogP contribution in [-0.4, -0.2) is 74.8 Å². The summed E-state index contributed by atoms with van der Waals surface area (Å²) in [6, 6.07) is 0. The van der Waals surface area contributed by atoms with Crippen molar-refractivity contribution in [3.8, 4) is 0 Å². The van der Waals surface area contributed by atoms with Crippen LogP contribution in [0, 0.1) is 0 Å². The number of piperazine rings is 1. The largest absolute Gasteiger partial charge is 0.356 e. The van der Waals surface area contributed by atoms with Crippen LogP contribution in [0.5, 0.6) is 0 Å². The van der Waals surface area contributed by atoms with E-state index in [2.05, 4.69) is 46.6 Å². The summed E-state index contributed by atoms with van der Waals surface area (Å²) in [7, 11) is 1.85. The van der Waals surface area contributed by atoms with Crippen molar-refractivity contribution in [2.24, 2.45) is 4.99 Å². The van der Waals surface area contributed by atoms with Gasteiger partial charge in [0.1, 0.15) is 18.5 Å². The molecule has 1 N–H and O–H groups in total. The highest BCUT2D eigenvalue weighted by atomic mass is 127. The second kappa shape index (κ2) is 11.4. The first-order chi connectivity index (χ1) is 12.8. The molecule has 0 aliphatic carbocycles. The number of aliphatic imine (C=N–C) groups is 1. The van der Waals surface area contributed by atoms with Crippen molar-refractivity contribution in [1.29, 1.82) is 0 Å². The van der Waals surface area contributed by atoms with Crippen LogP contribution >= 0.6 is 35.5 Å². The fraction of sp³-hybridized carbons (Fsp3) is 0.688. The third kappa shape index (κ3) is 6.26. The van der Waals surface area contributed by atoms with E-state index in [0.29, 0.717) is 0 Å². The second-order valence-electron chi connectivity index (χ2n) is 6.20. The number of rotatable bonds is 7. The van der Waals surface area contributed by atoms with Gasteiger partial charge in [-0.1, -0.05) is 6.92 Å². The summed E-state index contributed by atoms with van der Waals surface area (Å²) in [6.07, 6.45) is 6.58. The fourth-order valence-electron chi connectivity index (χ4n) is 2.92. The van der Waals surface area contributed by atoms with Gasteiger partial charge < -0.3 is 19.7 Å². The molecule has 3 rings (SSSR count). The number of hydrogen-bond acceptors (Lipinski definition) is 7. The lowest BCUT2D eigenvalue weighted by Gasteiger charge is -2.36. The van der Waals surface area contributed by atoms with Gasteiger partial charge in [-0.05, 0) is 12.8 Å². The molecule has 3 heterocycles. The van der Waals surface area contributed by atoms with Gasteiger partial charge >= 0.3 is 0 Å². The van der Waals surface area contributed by atoms with Crippen LogP contribution in [0.4, 0.5) is 5.13 Å². The third-order valence-corrected chi connectivity index (χ3v) is 5.24. The van der Waals surface area contributed by atoms with Crippen LogP contribution in [0.2, 0.25) is 0 Å². The molecule has 11 heteroatoms. The molecule has 0 aromatic carbocycles. The molecular formula is C16H28IN9S. The number of nitrogens with one attached hydrogen (secondary N) is 1. The van der Waals surface area contributed by atoms with Crippen molar-refractivity contribution in [1.82, 2.24) is 34.3 Å². The lowest BCUT2D eigenvalue weighted by atomic mass is 10.3. The maximum absolute atomic E-state index is 4.59. The third-order valence-electron chi connectivity index (χ3n) is 4.43. The maximum Gasteiger partial charge on any atom is 0.205 e. The van der Waals surface area contributed by atoms with E-state index in [0.717, 1.165) is 75.4 Å². The Morgan fingerprint density at radius 1 is 1.19 bits per heavy atom. The average molecular weight is 505 g/mol. The molecule has 27 heavy (non-hydrogen) atoms. The summed E-state index contributed by atoms with van der Waals surface area (Å²) >= 11 is 1.50. The molecule has 1 fully saturated rings. The van der Waals surface area contributed by atoms with Crippen molar-refractivity contribution >= 4 is 46.6 Å². The van der Waals surface area contributed by atoms with E-state index in [9.17, 15) is 0 Å². The van der Waals surface area contributed by atoms with Gasteiger partial charge in [-0.2, -0.15) is 4.37 Å².